The van der Waals surface area contributed by atoms with Crippen molar-refractivity contribution in [3.8, 4) is 0 Å². The Bertz CT molecular complexity index is 1580. The number of ketones is 1. The molecule has 3 rings (SSSR count). The van der Waals surface area contributed by atoms with E-state index >= 15 is 0 Å². The number of sulfonamides is 1. The second-order valence-corrected chi connectivity index (χ2v) is 13.6. The van der Waals surface area contributed by atoms with Crippen molar-refractivity contribution in [1.82, 2.24) is 20.3 Å². The van der Waals surface area contributed by atoms with Gasteiger partial charge in [0.1, 0.15) is 12.1 Å². The molecule has 1 saturated heterocycles. The Balaban J connectivity index is 1.70. The predicted octanol–water partition coefficient (Wildman–Crippen LogP) is 3.48. The minimum absolute atomic E-state index is 0.0386. The van der Waals surface area contributed by atoms with E-state index in [4.69, 9.17) is 11.6 Å². The highest BCUT2D eigenvalue weighted by molar-refractivity contribution is 7.90. The molecule has 250 valence electrons. The van der Waals surface area contributed by atoms with Gasteiger partial charge in [-0.25, -0.2) is 13.1 Å². The van der Waals surface area contributed by atoms with Crippen molar-refractivity contribution in [1.29, 1.82) is 0 Å². The Morgan fingerprint density at radius 3 is 1.85 bits per heavy atom. The lowest BCUT2D eigenvalue weighted by Gasteiger charge is -2.32. The molecule has 1 unspecified atom stereocenters. The summed E-state index contributed by atoms with van der Waals surface area (Å²) >= 11 is 5.78. The number of halogens is 4. The maximum Gasteiger partial charge on any atom is 0.452 e. The third-order valence-electron chi connectivity index (χ3n) is 7.34. The van der Waals surface area contributed by atoms with Gasteiger partial charge >= 0.3 is 6.18 Å². The molecule has 46 heavy (non-hydrogen) atoms. The van der Waals surface area contributed by atoms with Gasteiger partial charge in [0.05, 0.1) is 10.9 Å². The number of likely N-dealkylation sites (tertiary alicyclic amines) is 1. The number of nitrogens with one attached hydrogen (secondary N) is 3. The van der Waals surface area contributed by atoms with Crippen LogP contribution in [-0.2, 0) is 24.4 Å². The average Bonchev–Trinajstić information content (AvgIpc) is 3.47. The topological polar surface area (TPSA) is 159 Å². The van der Waals surface area contributed by atoms with Gasteiger partial charge in [0.2, 0.25) is 11.8 Å². The van der Waals surface area contributed by atoms with E-state index in [0.29, 0.717) is 11.4 Å². The van der Waals surface area contributed by atoms with Gasteiger partial charge in [-0.2, -0.15) is 13.2 Å². The number of carbonyl (C=O) groups is 5. The molecule has 0 aromatic heterocycles. The number of rotatable bonds is 11. The molecule has 1 fully saturated rings. The van der Waals surface area contributed by atoms with Crippen LogP contribution in [-0.4, -0.2) is 73.6 Å². The van der Waals surface area contributed by atoms with E-state index in [1.165, 1.54) is 67.3 Å². The summed E-state index contributed by atoms with van der Waals surface area (Å²) in [6, 6.07) is 6.03. The van der Waals surface area contributed by atoms with E-state index < -0.39 is 75.6 Å². The maximum atomic E-state index is 13.6. The lowest BCUT2D eigenvalue weighted by Crippen LogP contribution is -2.58. The zero-order chi connectivity index (χ0) is 34.6. The lowest BCUT2D eigenvalue weighted by atomic mass is 9.98. The zero-order valence-corrected chi connectivity index (χ0v) is 26.9. The van der Waals surface area contributed by atoms with Gasteiger partial charge in [0.25, 0.3) is 27.6 Å². The summed E-state index contributed by atoms with van der Waals surface area (Å²) < 4.78 is 66.3. The van der Waals surface area contributed by atoms with Crippen molar-refractivity contribution in [2.45, 2.75) is 69.7 Å². The van der Waals surface area contributed by atoms with Crippen LogP contribution >= 0.6 is 11.6 Å². The van der Waals surface area contributed by atoms with E-state index in [-0.39, 0.29) is 29.0 Å². The standard InChI is InChI=1S/C30H34ClF3N4O7S/c1-16(2)23(25(39)30(32,33)34)35-28(42)22-6-5-15-38(22)29(43)24(17(3)4)36-26(40)18-7-9-19(10-8-18)27(41)37-46(44,45)21-13-11-20(31)12-14-21/h7-14,16-17,22-24H,5-6,15H2,1-4H3,(H,35,42)(H,36,40)(H,37,41)/t22-,23?,24+/m0/s1. The molecule has 16 heteroatoms. The summed E-state index contributed by atoms with van der Waals surface area (Å²) in [4.78, 5) is 65.2. The summed E-state index contributed by atoms with van der Waals surface area (Å²) in [5.41, 5.74) is -0.0306. The number of hydrogen-bond donors (Lipinski definition) is 3. The fourth-order valence-electron chi connectivity index (χ4n) is 4.81. The molecule has 0 radical (unpaired) electrons. The SMILES string of the molecule is CC(C)C(NC(=O)[C@@H]1CCCN1C(=O)[C@H](NC(=O)c1ccc(C(=O)NS(=O)(=O)c2ccc(Cl)cc2)cc1)C(C)C)C(=O)C(F)(F)F. The molecule has 0 saturated carbocycles. The van der Waals surface area contributed by atoms with Gasteiger partial charge in [-0.05, 0) is 73.2 Å². The Kier molecular flexibility index (Phi) is 11.6. The van der Waals surface area contributed by atoms with Crippen molar-refractivity contribution in [2.24, 2.45) is 11.8 Å². The zero-order valence-electron chi connectivity index (χ0n) is 25.4. The Hall–Kier alpha value is -3.98. The smallest absolute Gasteiger partial charge is 0.344 e. The molecule has 0 spiro atoms. The highest BCUT2D eigenvalue weighted by Crippen LogP contribution is 2.24. The maximum absolute atomic E-state index is 13.6. The molecule has 1 heterocycles. The van der Waals surface area contributed by atoms with Crippen molar-refractivity contribution in [3.05, 3.63) is 64.7 Å². The molecule has 1 aliphatic heterocycles. The second-order valence-electron chi connectivity index (χ2n) is 11.4. The molecule has 2 aromatic carbocycles. The third kappa shape index (κ3) is 8.84. The molecular formula is C30H34ClF3N4O7S. The number of nitrogens with zero attached hydrogens (tertiary/aromatic N) is 1. The Morgan fingerprint density at radius 1 is 0.826 bits per heavy atom. The van der Waals surface area contributed by atoms with E-state index in [1.54, 1.807) is 13.8 Å². The Labute approximate surface area is 269 Å². The molecule has 0 bridgehead atoms. The van der Waals surface area contributed by atoms with Gasteiger partial charge in [0.15, 0.2) is 0 Å². The summed E-state index contributed by atoms with van der Waals surface area (Å²) in [6.45, 7) is 6.13. The number of carbonyl (C=O) groups excluding carboxylic acids is 5. The van der Waals surface area contributed by atoms with Crippen LogP contribution < -0.4 is 15.4 Å². The van der Waals surface area contributed by atoms with Crippen LogP contribution in [0.1, 0.15) is 61.3 Å². The van der Waals surface area contributed by atoms with E-state index in [1.807, 2.05) is 4.72 Å². The van der Waals surface area contributed by atoms with E-state index in [2.05, 4.69) is 10.6 Å². The largest absolute Gasteiger partial charge is 0.452 e. The van der Waals surface area contributed by atoms with Gasteiger partial charge in [0, 0.05) is 22.7 Å². The van der Waals surface area contributed by atoms with E-state index in [9.17, 15) is 45.6 Å². The molecule has 3 N–H and O–H groups in total. The molecule has 2 aromatic rings. The molecule has 4 amide bonds. The first-order valence-corrected chi connectivity index (χ1v) is 16.1. The van der Waals surface area contributed by atoms with Crippen LogP contribution in [0.4, 0.5) is 13.2 Å². The van der Waals surface area contributed by atoms with Crippen LogP contribution in [0.2, 0.25) is 5.02 Å². The summed E-state index contributed by atoms with van der Waals surface area (Å²) in [5.74, 6) is -6.62. The van der Waals surface area contributed by atoms with E-state index in [0.717, 1.165) is 0 Å². The fraction of sp³-hybridized carbons (Fsp3) is 0.433. The van der Waals surface area contributed by atoms with Gasteiger partial charge < -0.3 is 15.5 Å². The summed E-state index contributed by atoms with van der Waals surface area (Å²) in [6.07, 6.45) is -4.63. The molecule has 1 aliphatic rings. The lowest BCUT2D eigenvalue weighted by molar-refractivity contribution is -0.175. The van der Waals surface area contributed by atoms with Crippen LogP contribution in [0.15, 0.2) is 53.4 Å². The van der Waals surface area contributed by atoms with Crippen LogP contribution in [0, 0.1) is 11.8 Å². The fourth-order valence-corrected chi connectivity index (χ4v) is 5.91. The number of benzene rings is 2. The van der Waals surface area contributed by atoms with Crippen LogP contribution in [0.5, 0.6) is 0 Å². The quantitative estimate of drug-likeness (QED) is 0.327. The number of Topliss-reactive ketones (excluding diaryl/α,β-unsaturated/α-hetero) is 1. The molecular weight excluding hydrogens is 653 g/mol. The third-order valence-corrected chi connectivity index (χ3v) is 8.94. The summed E-state index contributed by atoms with van der Waals surface area (Å²) in [5, 5.41) is 5.07. The monoisotopic (exact) mass is 686 g/mol. The summed E-state index contributed by atoms with van der Waals surface area (Å²) in [7, 11) is -4.20. The number of alkyl halides is 3. The van der Waals surface area contributed by atoms with Crippen LogP contribution in [0.25, 0.3) is 0 Å². The first-order chi connectivity index (χ1) is 21.3. The van der Waals surface area contributed by atoms with Gasteiger partial charge in [-0.3, -0.25) is 24.0 Å². The average molecular weight is 687 g/mol. The minimum Gasteiger partial charge on any atom is -0.344 e. The first kappa shape index (κ1) is 36.5. The van der Waals surface area contributed by atoms with Crippen molar-refractivity contribution in [3.63, 3.8) is 0 Å². The molecule has 11 nitrogen and oxygen atoms in total. The highest BCUT2D eigenvalue weighted by atomic mass is 35.5. The van der Waals surface area contributed by atoms with Crippen LogP contribution in [0.3, 0.4) is 0 Å². The van der Waals surface area contributed by atoms with Crippen molar-refractivity contribution >= 4 is 51.0 Å². The predicted molar refractivity (Wildman–Crippen MR) is 161 cm³/mol. The first-order valence-electron chi connectivity index (χ1n) is 14.3. The highest BCUT2D eigenvalue weighted by Gasteiger charge is 2.46. The minimum atomic E-state index is -5.16. The van der Waals surface area contributed by atoms with Crippen molar-refractivity contribution in [2.75, 3.05) is 6.54 Å². The Morgan fingerprint density at radius 2 is 1.35 bits per heavy atom. The molecule has 3 atom stereocenters. The van der Waals surface area contributed by atoms with Gasteiger partial charge in [-0.1, -0.05) is 39.3 Å². The second kappa shape index (κ2) is 14.6. The molecule has 0 aliphatic carbocycles. The van der Waals surface area contributed by atoms with Gasteiger partial charge in [-0.15, -0.1) is 0 Å². The number of amides is 4. The normalized spacial score (nSPS) is 16.6. The van der Waals surface area contributed by atoms with Crippen molar-refractivity contribution < 1.29 is 45.6 Å². The number of hydrogen-bond acceptors (Lipinski definition) is 7.